The summed E-state index contributed by atoms with van der Waals surface area (Å²) in [5.41, 5.74) is 6.98. The van der Waals surface area contributed by atoms with Crippen LogP contribution in [0.15, 0.2) is 84.9 Å². The molecule has 47 heavy (non-hydrogen) atoms. The van der Waals surface area contributed by atoms with E-state index in [4.69, 9.17) is 33.0 Å². The van der Waals surface area contributed by atoms with Crippen molar-refractivity contribution in [2.24, 2.45) is 0 Å². The number of hydrogen-bond acceptors (Lipinski definition) is 5. The van der Waals surface area contributed by atoms with Gasteiger partial charge in [0.1, 0.15) is 0 Å². The van der Waals surface area contributed by atoms with Gasteiger partial charge in [-0.1, -0.05) is 83.9 Å². The Hall–Kier alpha value is -4.66. The number of methoxy groups -OCH3 is 1. The van der Waals surface area contributed by atoms with E-state index in [0.29, 0.717) is 21.2 Å². The fourth-order valence-electron chi connectivity index (χ4n) is 6.00. The molecule has 2 amide bonds. The number of carboxylic acid groups (broad SMARTS) is 1. The molecule has 0 saturated carbocycles. The van der Waals surface area contributed by atoms with Gasteiger partial charge in [0.2, 0.25) is 0 Å². The quantitative estimate of drug-likeness (QED) is 0.176. The van der Waals surface area contributed by atoms with Crippen molar-refractivity contribution in [3.8, 4) is 0 Å². The first-order chi connectivity index (χ1) is 22.6. The Labute approximate surface area is 283 Å². The highest BCUT2D eigenvalue weighted by atomic mass is 35.5. The molecule has 242 valence electrons. The summed E-state index contributed by atoms with van der Waals surface area (Å²) >= 11 is 12.2. The number of amides is 2. The number of benzene rings is 4. The van der Waals surface area contributed by atoms with Gasteiger partial charge >= 0.3 is 11.9 Å². The number of fused-ring (bicyclic) bond motifs is 2. The number of aryl methyl sites for hydroxylation is 2. The summed E-state index contributed by atoms with van der Waals surface area (Å²) in [5, 5.41) is 15.8. The average Bonchev–Trinajstić information content (AvgIpc) is 3.64. The third kappa shape index (κ3) is 8.39. The van der Waals surface area contributed by atoms with Gasteiger partial charge < -0.3 is 20.5 Å². The van der Waals surface area contributed by atoms with Crippen LogP contribution in [-0.4, -0.2) is 36.0 Å². The van der Waals surface area contributed by atoms with Crippen LogP contribution in [-0.2, 0) is 40.0 Å². The van der Waals surface area contributed by atoms with E-state index in [-0.39, 0.29) is 42.7 Å². The van der Waals surface area contributed by atoms with Crippen LogP contribution in [0, 0.1) is 0 Å². The molecule has 0 aliphatic heterocycles. The van der Waals surface area contributed by atoms with E-state index in [0.717, 1.165) is 53.5 Å². The highest BCUT2D eigenvalue weighted by molar-refractivity contribution is 6.34. The number of carboxylic acids is 1. The molecular weight excluding hydrogens is 639 g/mol. The third-order valence-corrected chi connectivity index (χ3v) is 9.01. The lowest BCUT2D eigenvalue weighted by Crippen LogP contribution is -2.27. The number of hydrogen-bond donors (Lipinski definition) is 3. The number of rotatable bonds is 8. The molecular formula is C37H34Cl2N2O6. The van der Waals surface area contributed by atoms with Crippen LogP contribution < -0.4 is 10.6 Å². The van der Waals surface area contributed by atoms with Crippen LogP contribution in [0.5, 0.6) is 0 Å². The summed E-state index contributed by atoms with van der Waals surface area (Å²) in [6.07, 6.45) is 3.64. The molecule has 6 rings (SSSR count). The zero-order valence-corrected chi connectivity index (χ0v) is 27.2. The molecule has 2 aliphatic carbocycles. The molecule has 2 aliphatic rings. The number of carbonyl (C=O) groups excluding carboxylic acids is 3. The maximum atomic E-state index is 12.5. The lowest BCUT2D eigenvalue weighted by molar-refractivity contribution is -0.140. The highest BCUT2D eigenvalue weighted by Gasteiger charge is 2.27. The van der Waals surface area contributed by atoms with E-state index in [1.54, 1.807) is 48.5 Å². The molecule has 8 nitrogen and oxygen atoms in total. The monoisotopic (exact) mass is 672 g/mol. The molecule has 2 unspecified atom stereocenters. The Bertz CT molecular complexity index is 1820. The SMILES string of the molecule is COC(=O)Cc1ccc2c(c1)C(NC(=O)c1ccccc1Cl)CC2.O=C(O)Cc1ccc2c(c1)C(NC(=O)c1ccccc1Cl)CC2. The summed E-state index contributed by atoms with van der Waals surface area (Å²) in [4.78, 5) is 47.2. The van der Waals surface area contributed by atoms with Crippen LogP contribution in [0.4, 0.5) is 0 Å². The summed E-state index contributed by atoms with van der Waals surface area (Å²) in [5.74, 6) is -1.53. The maximum Gasteiger partial charge on any atom is 0.309 e. The Morgan fingerprint density at radius 2 is 1.15 bits per heavy atom. The zero-order valence-electron chi connectivity index (χ0n) is 25.7. The van der Waals surface area contributed by atoms with E-state index in [1.165, 1.54) is 12.7 Å². The Morgan fingerprint density at radius 3 is 1.57 bits per heavy atom. The molecule has 0 saturated heterocycles. The van der Waals surface area contributed by atoms with Crippen LogP contribution in [0.2, 0.25) is 10.0 Å². The summed E-state index contributed by atoms with van der Waals surface area (Å²) in [6, 6.07) is 25.4. The average molecular weight is 674 g/mol. The maximum absolute atomic E-state index is 12.5. The molecule has 10 heteroatoms. The predicted molar refractivity (Wildman–Crippen MR) is 180 cm³/mol. The summed E-state index contributed by atoms with van der Waals surface area (Å²) < 4.78 is 4.71. The minimum Gasteiger partial charge on any atom is -0.481 e. The van der Waals surface area contributed by atoms with Crippen molar-refractivity contribution in [3.63, 3.8) is 0 Å². The van der Waals surface area contributed by atoms with Gasteiger partial charge in [0.05, 0.1) is 53.2 Å². The van der Waals surface area contributed by atoms with E-state index < -0.39 is 5.97 Å². The van der Waals surface area contributed by atoms with Crippen LogP contribution in [0.1, 0.15) is 79.0 Å². The number of nitrogens with one attached hydrogen (secondary N) is 2. The van der Waals surface area contributed by atoms with Gasteiger partial charge in [-0.25, -0.2) is 0 Å². The predicted octanol–water partition coefficient (Wildman–Crippen LogP) is 6.86. The second-order valence-corrected chi connectivity index (χ2v) is 12.3. The van der Waals surface area contributed by atoms with E-state index >= 15 is 0 Å². The molecule has 4 aromatic rings. The Kier molecular flexibility index (Phi) is 11.0. The van der Waals surface area contributed by atoms with Gasteiger partial charge in [-0.2, -0.15) is 0 Å². The van der Waals surface area contributed by atoms with Crippen molar-refractivity contribution < 1.29 is 29.0 Å². The molecule has 0 bridgehead atoms. The van der Waals surface area contributed by atoms with E-state index in [9.17, 15) is 19.2 Å². The number of ether oxygens (including phenoxy) is 1. The number of aliphatic carboxylic acids is 1. The van der Waals surface area contributed by atoms with Crippen LogP contribution in [0.3, 0.4) is 0 Å². The topological polar surface area (TPSA) is 122 Å². The van der Waals surface area contributed by atoms with Gasteiger partial charge in [-0.05, 0) is 83.3 Å². The normalized spacial score (nSPS) is 15.8. The number of esters is 1. The van der Waals surface area contributed by atoms with Crippen LogP contribution >= 0.6 is 23.2 Å². The Balaban J connectivity index is 0.000000185. The first-order valence-corrected chi connectivity index (χ1v) is 16.0. The second kappa shape index (κ2) is 15.3. The molecule has 4 aromatic carbocycles. The molecule has 2 atom stereocenters. The fraction of sp³-hybridized carbons (Fsp3) is 0.243. The van der Waals surface area contributed by atoms with Gasteiger partial charge in [0, 0.05) is 0 Å². The molecule has 0 fully saturated rings. The number of carbonyl (C=O) groups is 4. The van der Waals surface area contributed by atoms with Crippen molar-refractivity contribution >= 4 is 47.0 Å². The summed E-state index contributed by atoms with van der Waals surface area (Å²) in [7, 11) is 1.38. The molecule has 0 heterocycles. The van der Waals surface area contributed by atoms with Gasteiger partial charge in [-0.3, -0.25) is 19.2 Å². The van der Waals surface area contributed by atoms with Gasteiger partial charge in [-0.15, -0.1) is 0 Å². The highest BCUT2D eigenvalue weighted by Crippen LogP contribution is 2.34. The van der Waals surface area contributed by atoms with Gasteiger partial charge in [0.25, 0.3) is 11.8 Å². The zero-order chi connectivity index (χ0) is 33.5. The summed E-state index contributed by atoms with van der Waals surface area (Å²) in [6.45, 7) is 0. The Morgan fingerprint density at radius 1 is 0.702 bits per heavy atom. The minimum absolute atomic E-state index is 0.0154. The largest absolute Gasteiger partial charge is 0.481 e. The smallest absolute Gasteiger partial charge is 0.309 e. The molecule has 0 radical (unpaired) electrons. The minimum atomic E-state index is -0.861. The molecule has 0 aromatic heterocycles. The molecule has 3 N–H and O–H groups in total. The van der Waals surface area contributed by atoms with Gasteiger partial charge in [0.15, 0.2) is 0 Å². The van der Waals surface area contributed by atoms with Crippen molar-refractivity contribution in [1.82, 2.24) is 10.6 Å². The standard InChI is InChI=1S/C19H18ClNO3.C18H16ClNO3/c1-24-18(22)11-12-6-7-13-8-9-17(15(13)10-12)21-19(23)14-4-2-3-5-16(14)20;19-15-4-2-1-3-13(15)18(23)20-16-8-7-12-6-5-11(9-14(12)16)10-17(21)22/h2-7,10,17H,8-9,11H2,1H3,(H,21,23);1-6,9,16H,7-8,10H2,(H,20,23)(H,21,22). The molecule has 0 spiro atoms. The first kappa shape index (κ1) is 33.7. The number of halogens is 2. The second-order valence-electron chi connectivity index (χ2n) is 11.5. The van der Waals surface area contributed by atoms with Crippen molar-refractivity contribution in [2.45, 2.75) is 50.6 Å². The van der Waals surface area contributed by atoms with Crippen molar-refractivity contribution in [3.05, 3.63) is 139 Å². The third-order valence-electron chi connectivity index (χ3n) is 8.36. The van der Waals surface area contributed by atoms with Crippen molar-refractivity contribution in [1.29, 1.82) is 0 Å². The lowest BCUT2D eigenvalue weighted by Gasteiger charge is -2.15. The van der Waals surface area contributed by atoms with E-state index in [1.807, 2.05) is 36.4 Å². The fourth-order valence-corrected chi connectivity index (χ4v) is 6.44. The first-order valence-electron chi connectivity index (χ1n) is 15.3. The van der Waals surface area contributed by atoms with E-state index in [2.05, 4.69) is 10.6 Å². The van der Waals surface area contributed by atoms with Crippen LogP contribution in [0.25, 0.3) is 0 Å². The van der Waals surface area contributed by atoms with Crippen molar-refractivity contribution in [2.75, 3.05) is 7.11 Å². The lowest BCUT2D eigenvalue weighted by atomic mass is 10.0.